The van der Waals surface area contributed by atoms with Crippen molar-refractivity contribution in [2.45, 2.75) is 37.3 Å². The van der Waals surface area contributed by atoms with E-state index < -0.39 is 23.6 Å². The molecule has 0 aromatic heterocycles. The van der Waals surface area contributed by atoms with Crippen molar-refractivity contribution in [2.24, 2.45) is 0 Å². The summed E-state index contributed by atoms with van der Waals surface area (Å²) in [6.45, 7) is 0. The Kier molecular flexibility index (Phi) is 4.80. The minimum Gasteiger partial charge on any atom is -0.481 e. The molecule has 1 saturated heterocycles. The number of rotatable bonds is 5. The van der Waals surface area contributed by atoms with Gasteiger partial charge in [-0.25, -0.2) is 4.79 Å². The molecule has 1 unspecified atom stereocenters. The Morgan fingerprint density at radius 2 is 2.00 bits per heavy atom. The fraction of sp³-hybridized carbons (Fsp3) is 0.471. The van der Waals surface area contributed by atoms with Crippen LogP contribution in [0.15, 0.2) is 24.3 Å². The van der Waals surface area contributed by atoms with Crippen LogP contribution in [0.3, 0.4) is 0 Å². The van der Waals surface area contributed by atoms with Gasteiger partial charge in [0.15, 0.2) is 0 Å². The SMILES string of the molecule is O=C(O)CC1(NC(=O)CC2OC(=O)c3ccccc32)CCSCC1. The third kappa shape index (κ3) is 3.56. The zero-order valence-corrected chi connectivity index (χ0v) is 13.9. The predicted molar refractivity (Wildman–Crippen MR) is 88.9 cm³/mol. The summed E-state index contributed by atoms with van der Waals surface area (Å²) < 4.78 is 5.29. The summed E-state index contributed by atoms with van der Waals surface area (Å²) in [5.41, 5.74) is 0.504. The summed E-state index contributed by atoms with van der Waals surface area (Å²) in [5.74, 6) is 0.0408. The van der Waals surface area contributed by atoms with Gasteiger partial charge in [0, 0.05) is 5.56 Å². The van der Waals surface area contributed by atoms with Gasteiger partial charge in [-0.15, -0.1) is 0 Å². The Morgan fingerprint density at radius 1 is 1.29 bits per heavy atom. The Morgan fingerprint density at radius 3 is 2.71 bits per heavy atom. The second-order valence-corrected chi connectivity index (χ2v) is 7.42. The maximum Gasteiger partial charge on any atom is 0.339 e. The lowest BCUT2D eigenvalue weighted by Crippen LogP contribution is -2.52. The van der Waals surface area contributed by atoms with Crippen LogP contribution in [0, 0.1) is 0 Å². The van der Waals surface area contributed by atoms with E-state index in [1.54, 1.807) is 36.0 Å². The molecule has 1 amide bonds. The first-order valence-corrected chi connectivity index (χ1v) is 9.05. The van der Waals surface area contributed by atoms with Gasteiger partial charge in [-0.3, -0.25) is 9.59 Å². The van der Waals surface area contributed by atoms with Crippen LogP contribution in [0.1, 0.15) is 47.7 Å². The summed E-state index contributed by atoms with van der Waals surface area (Å²) in [6.07, 6.45) is 0.596. The van der Waals surface area contributed by atoms with Gasteiger partial charge in [0.25, 0.3) is 0 Å². The van der Waals surface area contributed by atoms with Crippen molar-refractivity contribution in [1.29, 1.82) is 0 Å². The first-order valence-electron chi connectivity index (χ1n) is 7.90. The molecule has 2 N–H and O–H groups in total. The molecule has 1 atom stereocenters. The van der Waals surface area contributed by atoms with Crippen molar-refractivity contribution in [2.75, 3.05) is 11.5 Å². The lowest BCUT2D eigenvalue weighted by molar-refractivity contribution is -0.139. The van der Waals surface area contributed by atoms with E-state index >= 15 is 0 Å². The average molecular weight is 349 g/mol. The van der Waals surface area contributed by atoms with Crippen LogP contribution < -0.4 is 5.32 Å². The normalized spacial score (nSPS) is 21.7. The highest BCUT2D eigenvalue weighted by atomic mass is 32.2. The zero-order valence-electron chi connectivity index (χ0n) is 13.1. The topological polar surface area (TPSA) is 92.7 Å². The number of aliphatic carboxylic acids is 1. The number of carboxylic acid groups (broad SMARTS) is 1. The van der Waals surface area contributed by atoms with Crippen molar-refractivity contribution in [3.05, 3.63) is 35.4 Å². The number of carbonyl (C=O) groups excluding carboxylic acids is 2. The quantitative estimate of drug-likeness (QED) is 0.791. The largest absolute Gasteiger partial charge is 0.481 e. The first-order chi connectivity index (χ1) is 11.5. The van der Waals surface area contributed by atoms with E-state index in [9.17, 15) is 14.4 Å². The highest BCUT2D eigenvalue weighted by molar-refractivity contribution is 7.99. The second-order valence-electron chi connectivity index (χ2n) is 6.20. The van der Waals surface area contributed by atoms with Gasteiger partial charge in [-0.05, 0) is 30.4 Å². The molecule has 6 nitrogen and oxygen atoms in total. The summed E-state index contributed by atoms with van der Waals surface area (Å²) in [5, 5.41) is 12.1. The Hall–Kier alpha value is -2.02. The Bertz CT molecular complexity index is 669. The maximum absolute atomic E-state index is 12.5. The van der Waals surface area contributed by atoms with Crippen LogP contribution in [-0.4, -0.2) is 40.0 Å². The number of hydrogen-bond acceptors (Lipinski definition) is 5. The standard InChI is InChI=1S/C17H19NO5S/c19-14(18-17(10-15(20)21)5-7-24-8-6-17)9-13-11-3-1-2-4-12(11)16(22)23-13/h1-4,13H,5-10H2,(H,18,19)(H,20,21). The van der Waals surface area contributed by atoms with Gasteiger partial charge in [-0.1, -0.05) is 18.2 Å². The minimum absolute atomic E-state index is 0.0112. The lowest BCUT2D eigenvalue weighted by Gasteiger charge is -2.37. The molecule has 3 rings (SSSR count). The molecule has 2 aliphatic heterocycles. The van der Waals surface area contributed by atoms with Crippen LogP contribution in [0.4, 0.5) is 0 Å². The van der Waals surface area contributed by atoms with Crippen molar-refractivity contribution < 1.29 is 24.2 Å². The number of thioether (sulfide) groups is 1. The van der Waals surface area contributed by atoms with Crippen LogP contribution in [-0.2, 0) is 14.3 Å². The molecule has 1 fully saturated rings. The van der Waals surface area contributed by atoms with E-state index in [-0.39, 0.29) is 18.7 Å². The van der Waals surface area contributed by atoms with Gasteiger partial charge >= 0.3 is 11.9 Å². The predicted octanol–water partition coefficient (Wildman–Crippen LogP) is 2.14. The number of hydrogen-bond donors (Lipinski definition) is 2. The van der Waals surface area contributed by atoms with E-state index in [0.717, 1.165) is 11.5 Å². The number of carbonyl (C=O) groups is 3. The number of ether oxygens (including phenoxy) is 1. The lowest BCUT2D eigenvalue weighted by atomic mass is 9.88. The van der Waals surface area contributed by atoms with Gasteiger partial charge in [-0.2, -0.15) is 11.8 Å². The number of esters is 1. The number of carboxylic acids is 1. The highest BCUT2D eigenvalue weighted by Gasteiger charge is 2.38. The molecule has 2 aliphatic rings. The van der Waals surface area contributed by atoms with Gasteiger partial charge in [0.05, 0.1) is 23.9 Å². The molecule has 0 saturated carbocycles. The number of amides is 1. The summed E-state index contributed by atoms with van der Waals surface area (Å²) in [6, 6.07) is 7.02. The fourth-order valence-electron chi connectivity index (χ4n) is 3.28. The molecule has 0 spiro atoms. The molecule has 1 aromatic rings. The van der Waals surface area contributed by atoms with Crippen molar-refractivity contribution >= 4 is 29.6 Å². The molecule has 24 heavy (non-hydrogen) atoms. The third-order valence-corrected chi connectivity index (χ3v) is 5.48. The Balaban J connectivity index is 1.69. The molecule has 0 radical (unpaired) electrons. The summed E-state index contributed by atoms with van der Waals surface area (Å²) in [4.78, 5) is 35.5. The summed E-state index contributed by atoms with van der Waals surface area (Å²) >= 11 is 1.76. The number of benzene rings is 1. The molecule has 0 aliphatic carbocycles. The van der Waals surface area contributed by atoms with E-state index in [2.05, 4.69) is 5.32 Å². The number of nitrogens with one attached hydrogen (secondary N) is 1. The molecule has 128 valence electrons. The minimum atomic E-state index is -0.917. The van der Waals surface area contributed by atoms with Crippen molar-refractivity contribution in [3.8, 4) is 0 Å². The molecule has 1 aromatic carbocycles. The van der Waals surface area contributed by atoms with E-state index in [4.69, 9.17) is 9.84 Å². The maximum atomic E-state index is 12.5. The highest BCUT2D eigenvalue weighted by Crippen LogP contribution is 2.34. The van der Waals surface area contributed by atoms with Crippen LogP contribution in [0.25, 0.3) is 0 Å². The van der Waals surface area contributed by atoms with Crippen molar-refractivity contribution in [1.82, 2.24) is 5.32 Å². The number of cyclic esters (lactones) is 1. The molecular formula is C17H19NO5S. The van der Waals surface area contributed by atoms with Gasteiger partial charge < -0.3 is 15.2 Å². The smallest absolute Gasteiger partial charge is 0.339 e. The monoisotopic (exact) mass is 349 g/mol. The van der Waals surface area contributed by atoms with Crippen LogP contribution >= 0.6 is 11.8 Å². The molecule has 7 heteroatoms. The van der Waals surface area contributed by atoms with Gasteiger partial charge in [0.2, 0.25) is 5.91 Å². The van der Waals surface area contributed by atoms with E-state index in [0.29, 0.717) is 24.0 Å². The third-order valence-electron chi connectivity index (χ3n) is 4.49. The molecular weight excluding hydrogens is 330 g/mol. The van der Waals surface area contributed by atoms with E-state index in [1.165, 1.54) is 0 Å². The first kappa shape index (κ1) is 16.8. The van der Waals surface area contributed by atoms with E-state index in [1.807, 2.05) is 0 Å². The molecule has 0 bridgehead atoms. The molecule has 2 heterocycles. The average Bonchev–Trinajstić information content (AvgIpc) is 2.84. The fourth-order valence-corrected chi connectivity index (χ4v) is 4.56. The van der Waals surface area contributed by atoms with Crippen LogP contribution in [0.2, 0.25) is 0 Å². The zero-order chi connectivity index (χ0) is 17.2. The second kappa shape index (κ2) is 6.84. The van der Waals surface area contributed by atoms with Gasteiger partial charge in [0.1, 0.15) is 6.10 Å². The summed E-state index contributed by atoms with van der Waals surface area (Å²) in [7, 11) is 0. The number of fused-ring (bicyclic) bond motifs is 1. The Labute approximate surface area is 143 Å². The van der Waals surface area contributed by atoms with Crippen LogP contribution in [0.5, 0.6) is 0 Å². The van der Waals surface area contributed by atoms with Crippen molar-refractivity contribution in [3.63, 3.8) is 0 Å².